The number of halogens is 2. The molecule has 2 rings (SSSR count). The van der Waals surface area contributed by atoms with Gasteiger partial charge in [0.25, 0.3) is 0 Å². The van der Waals surface area contributed by atoms with E-state index in [1.54, 1.807) is 25.1 Å². The summed E-state index contributed by atoms with van der Waals surface area (Å²) in [6.45, 7) is 1.76. The summed E-state index contributed by atoms with van der Waals surface area (Å²) in [4.78, 5) is 21.7. The molecule has 8 heteroatoms. The molecule has 120 valence electrons. The van der Waals surface area contributed by atoms with E-state index in [9.17, 15) is 14.9 Å². The normalized spacial score (nSPS) is 11.8. The third kappa shape index (κ3) is 3.72. The van der Waals surface area contributed by atoms with E-state index in [0.29, 0.717) is 15.6 Å². The Hall–Kier alpha value is -2.31. The van der Waals surface area contributed by atoms with E-state index in [2.05, 4.69) is 5.32 Å². The van der Waals surface area contributed by atoms with E-state index in [-0.39, 0.29) is 17.3 Å². The maximum Gasteiger partial charge on any atom is 0.342 e. The van der Waals surface area contributed by atoms with Crippen molar-refractivity contribution < 1.29 is 14.8 Å². The number of nitrogens with zero attached hydrogens (tertiary/aromatic N) is 1. The molecule has 23 heavy (non-hydrogen) atoms. The van der Waals surface area contributed by atoms with E-state index >= 15 is 0 Å². The number of hydrogen-bond acceptors (Lipinski definition) is 4. The molecule has 2 aromatic rings. The zero-order valence-corrected chi connectivity index (χ0v) is 13.4. The fourth-order valence-electron chi connectivity index (χ4n) is 2.19. The highest BCUT2D eigenvalue weighted by Gasteiger charge is 2.25. The highest BCUT2D eigenvalue weighted by atomic mass is 35.5. The van der Waals surface area contributed by atoms with Crippen molar-refractivity contribution in [3.63, 3.8) is 0 Å². The van der Waals surface area contributed by atoms with Gasteiger partial charge in [-0.25, -0.2) is 4.79 Å². The van der Waals surface area contributed by atoms with Crippen molar-refractivity contribution in [3.8, 4) is 0 Å². The first-order chi connectivity index (χ1) is 10.8. The predicted octanol–water partition coefficient (Wildman–Crippen LogP) is 4.77. The first-order valence-electron chi connectivity index (χ1n) is 6.53. The van der Waals surface area contributed by atoms with Gasteiger partial charge >= 0.3 is 11.7 Å². The van der Waals surface area contributed by atoms with Gasteiger partial charge in [-0.2, -0.15) is 0 Å². The number of carbonyl (C=O) groups is 1. The highest BCUT2D eigenvalue weighted by molar-refractivity contribution is 6.35. The van der Waals surface area contributed by atoms with Crippen molar-refractivity contribution in [2.75, 3.05) is 5.32 Å². The summed E-state index contributed by atoms with van der Waals surface area (Å²) in [7, 11) is 0. The van der Waals surface area contributed by atoms with Crippen molar-refractivity contribution in [1.29, 1.82) is 0 Å². The molecule has 0 amide bonds. The van der Waals surface area contributed by atoms with Crippen LogP contribution in [-0.2, 0) is 0 Å². The van der Waals surface area contributed by atoms with Gasteiger partial charge in [0.1, 0.15) is 11.3 Å². The van der Waals surface area contributed by atoms with Crippen LogP contribution in [0.5, 0.6) is 0 Å². The third-order valence-corrected chi connectivity index (χ3v) is 3.81. The van der Waals surface area contributed by atoms with Gasteiger partial charge in [0, 0.05) is 10.0 Å². The second-order valence-electron chi connectivity index (χ2n) is 4.80. The summed E-state index contributed by atoms with van der Waals surface area (Å²) in [5.41, 5.74) is -0.0779. The maximum atomic E-state index is 11.2. The van der Waals surface area contributed by atoms with Gasteiger partial charge in [-0.05, 0) is 36.8 Å². The van der Waals surface area contributed by atoms with Crippen molar-refractivity contribution in [2.45, 2.75) is 13.0 Å². The zero-order valence-electron chi connectivity index (χ0n) is 11.9. The van der Waals surface area contributed by atoms with Crippen molar-refractivity contribution >= 4 is 40.5 Å². The number of anilines is 1. The van der Waals surface area contributed by atoms with E-state index in [1.807, 2.05) is 0 Å². The monoisotopic (exact) mass is 354 g/mol. The molecule has 2 aromatic carbocycles. The molecule has 1 atom stereocenters. The summed E-state index contributed by atoms with van der Waals surface area (Å²) in [5.74, 6) is -1.36. The first-order valence-corrected chi connectivity index (χ1v) is 7.29. The molecule has 2 N–H and O–H groups in total. The quantitative estimate of drug-likeness (QED) is 0.595. The SMILES string of the molecule is C[C@H](Nc1cccc(C(=O)O)c1[N+](=O)[O-])c1ccc(Cl)cc1Cl. The van der Waals surface area contributed by atoms with Crippen LogP contribution < -0.4 is 5.32 Å². The molecule has 0 bridgehead atoms. The molecule has 0 aliphatic heterocycles. The number of hydrogen-bond donors (Lipinski definition) is 2. The molecular formula is C15H12Cl2N2O4. The number of nitro groups is 1. The van der Waals surface area contributed by atoms with Crippen LogP contribution in [0.4, 0.5) is 11.4 Å². The molecule has 0 heterocycles. The molecule has 0 unspecified atom stereocenters. The molecule has 0 saturated heterocycles. The number of carboxylic acid groups (broad SMARTS) is 1. The Kier molecular flexibility index (Phi) is 5.08. The summed E-state index contributed by atoms with van der Waals surface area (Å²) in [6, 6.07) is 8.62. The third-order valence-electron chi connectivity index (χ3n) is 3.25. The molecule has 0 saturated carbocycles. The lowest BCUT2D eigenvalue weighted by molar-refractivity contribution is -0.384. The fourth-order valence-corrected chi connectivity index (χ4v) is 2.77. The average molecular weight is 355 g/mol. The molecule has 6 nitrogen and oxygen atoms in total. The van der Waals surface area contributed by atoms with Gasteiger partial charge in [-0.15, -0.1) is 0 Å². The molecule has 0 aliphatic carbocycles. The minimum atomic E-state index is -1.36. The van der Waals surface area contributed by atoms with Crippen LogP contribution in [0.15, 0.2) is 36.4 Å². The van der Waals surface area contributed by atoms with E-state index < -0.39 is 16.6 Å². The van der Waals surface area contributed by atoms with E-state index in [1.165, 1.54) is 18.2 Å². The smallest absolute Gasteiger partial charge is 0.342 e. The van der Waals surface area contributed by atoms with Crippen molar-refractivity contribution in [3.05, 3.63) is 67.7 Å². The van der Waals surface area contributed by atoms with Gasteiger partial charge in [0.05, 0.1) is 11.0 Å². The van der Waals surface area contributed by atoms with Crippen LogP contribution in [0.2, 0.25) is 10.0 Å². The zero-order chi connectivity index (χ0) is 17.1. The lowest BCUT2D eigenvalue weighted by atomic mass is 10.1. The molecular weight excluding hydrogens is 343 g/mol. The summed E-state index contributed by atoms with van der Waals surface area (Å²) < 4.78 is 0. The lowest BCUT2D eigenvalue weighted by Crippen LogP contribution is -2.11. The van der Waals surface area contributed by atoms with E-state index in [4.69, 9.17) is 28.3 Å². The number of aromatic carboxylic acids is 1. The minimum Gasteiger partial charge on any atom is -0.477 e. The number of nitrogens with one attached hydrogen (secondary N) is 1. The largest absolute Gasteiger partial charge is 0.477 e. The Morgan fingerprint density at radius 1 is 1.30 bits per heavy atom. The standard InChI is InChI=1S/C15H12Cl2N2O4/c1-8(10-6-5-9(16)7-12(10)17)18-13-4-2-3-11(15(20)21)14(13)19(22)23/h2-8,18H,1H3,(H,20,21)/t8-/m0/s1. The summed E-state index contributed by atoms with van der Waals surface area (Å²) >= 11 is 12.0. The molecule has 0 fully saturated rings. The predicted molar refractivity (Wildman–Crippen MR) is 88.6 cm³/mol. The van der Waals surface area contributed by atoms with Crippen LogP contribution >= 0.6 is 23.2 Å². The highest BCUT2D eigenvalue weighted by Crippen LogP contribution is 2.33. The molecule has 0 aliphatic rings. The number of nitro benzene ring substituents is 1. The molecule has 0 radical (unpaired) electrons. The maximum absolute atomic E-state index is 11.2. The van der Waals surface area contributed by atoms with Gasteiger partial charge in [0.15, 0.2) is 0 Å². The van der Waals surface area contributed by atoms with Gasteiger partial charge < -0.3 is 10.4 Å². The van der Waals surface area contributed by atoms with Crippen LogP contribution in [-0.4, -0.2) is 16.0 Å². The van der Waals surface area contributed by atoms with Crippen LogP contribution in [0.1, 0.15) is 28.9 Å². The van der Waals surface area contributed by atoms with Crippen molar-refractivity contribution in [1.82, 2.24) is 0 Å². The Bertz CT molecular complexity index is 780. The number of para-hydroxylation sites is 1. The topological polar surface area (TPSA) is 92.5 Å². The summed E-state index contributed by atoms with van der Waals surface area (Å²) in [6.07, 6.45) is 0. The Morgan fingerprint density at radius 3 is 2.57 bits per heavy atom. The average Bonchev–Trinajstić information content (AvgIpc) is 2.46. The second-order valence-corrected chi connectivity index (χ2v) is 5.64. The number of rotatable bonds is 5. The Balaban J connectivity index is 2.41. The van der Waals surface area contributed by atoms with Crippen LogP contribution in [0.3, 0.4) is 0 Å². The molecule has 0 spiro atoms. The van der Waals surface area contributed by atoms with Gasteiger partial charge in [-0.1, -0.05) is 35.3 Å². The van der Waals surface area contributed by atoms with Crippen molar-refractivity contribution in [2.24, 2.45) is 0 Å². The Labute approximate surface area is 141 Å². The lowest BCUT2D eigenvalue weighted by Gasteiger charge is -2.17. The Morgan fingerprint density at radius 2 is 2.00 bits per heavy atom. The van der Waals surface area contributed by atoms with Crippen LogP contribution in [0, 0.1) is 10.1 Å². The van der Waals surface area contributed by atoms with Crippen LogP contribution in [0.25, 0.3) is 0 Å². The minimum absolute atomic E-state index is 0.105. The summed E-state index contributed by atoms with van der Waals surface area (Å²) in [5, 5.41) is 24.2. The molecule has 0 aromatic heterocycles. The second kappa shape index (κ2) is 6.85. The number of carboxylic acids is 1. The first kappa shape index (κ1) is 17.1. The number of benzene rings is 2. The van der Waals surface area contributed by atoms with E-state index in [0.717, 1.165) is 0 Å². The fraction of sp³-hybridized carbons (Fsp3) is 0.133. The van der Waals surface area contributed by atoms with Gasteiger partial charge in [-0.3, -0.25) is 10.1 Å². The van der Waals surface area contributed by atoms with Gasteiger partial charge in [0.2, 0.25) is 0 Å².